The Morgan fingerprint density at radius 3 is 2.76 bits per heavy atom. The SMILES string of the molecule is O=C(Nc1ccc2c(c1)OCO2)c1nnc(CNS(=O)(=O)c2ccccc2Cl)s1. The van der Waals surface area contributed by atoms with Crippen LogP contribution in [0, 0.1) is 0 Å². The van der Waals surface area contributed by atoms with Gasteiger partial charge < -0.3 is 14.8 Å². The second-order valence-electron chi connectivity index (χ2n) is 5.78. The van der Waals surface area contributed by atoms with E-state index in [0.29, 0.717) is 22.2 Å². The van der Waals surface area contributed by atoms with Crippen LogP contribution in [-0.4, -0.2) is 31.3 Å². The van der Waals surface area contributed by atoms with Gasteiger partial charge in [-0.2, -0.15) is 0 Å². The van der Waals surface area contributed by atoms with E-state index < -0.39 is 15.9 Å². The number of nitrogens with zero attached hydrogens (tertiary/aromatic N) is 2. The van der Waals surface area contributed by atoms with Crippen LogP contribution in [0.3, 0.4) is 0 Å². The van der Waals surface area contributed by atoms with Crippen molar-refractivity contribution in [1.29, 1.82) is 0 Å². The largest absolute Gasteiger partial charge is 0.454 e. The number of halogens is 1. The maximum atomic E-state index is 12.4. The van der Waals surface area contributed by atoms with Crippen LogP contribution < -0.4 is 19.5 Å². The number of aromatic nitrogens is 2. The molecule has 1 aliphatic heterocycles. The van der Waals surface area contributed by atoms with Crippen LogP contribution in [0.1, 0.15) is 14.8 Å². The average Bonchev–Trinajstić information content (AvgIpc) is 3.36. The summed E-state index contributed by atoms with van der Waals surface area (Å²) in [5, 5.41) is 10.9. The Morgan fingerprint density at radius 1 is 1.14 bits per heavy atom. The van der Waals surface area contributed by atoms with E-state index in [1.165, 1.54) is 12.1 Å². The van der Waals surface area contributed by atoms with Gasteiger partial charge in [0.15, 0.2) is 11.5 Å². The molecule has 4 rings (SSSR count). The highest BCUT2D eigenvalue weighted by Crippen LogP contribution is 2.34. The molecule has 9 nitrogen and oxygen atoms in total. The number of benzene rings is 2. The van der Waals surface area contributed by atoms with E-state index in [2.05, 4.69) is 20.2 Å². The van der Waals surface area contributed by atoms with Gasteiger partial charge in [-0.1, -0.05) is 35.1 Å². The summed E-state index contributed by atoms with van der Waals surface area (Å²) in [4.78, 5) is 12.3. The lowest BCUT2D eigenvalue weighted by Crippen LogP contribution is -2.23. The number of rotatable bonds is 6. The Bertz CT molecular complexity index is 1180. The number of anilines is 1. The lowest BCUT2D eigenvalue weighted by Gasteiger charge is -2.06. The number of sulfonamides is 1. The highest BCUT2D eigenvalue weighted by atomic mass is 35.5. The number of hydrogen-bond donors (Lipinski definition) is 2. The maximum Gasteiger partial charge on any atom is 0.286 e. The van der Waals surface area contributed by atoms with Gasteiger partial charge in [0.1, 0.15) is 9.90 Å². The third kappa shape index (κ3) is 4.32. The predicted octanol–water partition coefficient (Wildman–Crippen LogP) is 2.65. The van der Waals surface area contributed by atoms with Gasteiger partial charge in [0.25, 0.3) is 5.91 Å². The fourth-order valence-corrected chi connectivity index (χ4v) is 4.74. The Balaban J connectivity index is 1.40. The first kappa shape index (κ1) is 19.6. The van der Waals surface area contributed by atoms with Crippen molar-refractivity contribution in [2.75, 3.05) is 12.1 Å². The molecule has 1 amide bonds. The zero-order valence-electron chi connectivity index (χ0n) is 14.6. The van der Waals surface area contributed by atoms with Gasteiger partial charge in [-0.05, 0) is 24.3 Å². The summed E-state index contributed by atoms with van der Waals surface area (Å²) in [6.45, 7) is 0.0130. The minimum Gasteiger partial charge on any atom is -0.454 e. The number of ether oxygens (including phenoxy) is 2. The molecule has 0 unspecified atom stereocenters. The smallest absolute Gasteiger partial charge is 0.286 e. The zero-order valence-corrected chi connectivity index (χ0v) is 17.0. The molecule has 0 fully saturated rings. The second kappa shape index (κ2) is 7.95. The minimum atomic E-state index is -3.82. The summed E-state index contributed by atoms with van der Waals surface area (Å²) in [7, 11) is -3.82. The molecule has 2 aromatic carbocycles. The van der Waals surface area contributed by atoms with Crippen LogP contribution in [0.5, 0.6) is 11.5 Å². The molecule has 0 atom stereocenters. The molecule has 12 heteroatoms. The molecule has 2 N–H and O–H groups in total. The molecule has 0 saturated carbocycles. The molecular weight excluding hydrogens is 440 g/mol. The lowest BCUT2D eigenvalue weighted by atomic mass is 10.3. The molecule has 0 aliphatic carbocycles. The Labute approximate surface area is 174 Å². The van der Waals surface area contributed by atoms with Crippen molar-refractivity contribution in [3.8, 4) is 11.5 Å². The number of carbonyl (C=O) groups excluding carboxylic acids is 1. The first-order valence-corrected chi connectivity index (χ1v) is 10.9. The van der Waals surface area contributed by atoms with Gasteiger partial charge in [0.05, 0.1) is 11.6 Å². The van der Waals surface area contributed by atoms with Crippen molar-refractivity contribution in [1.82, 2.24) is 14.9 Å². The van der Waals surface area contributed by atoms with Crippen LogP contribution in [0.25, 0.3) is 0 Å². The molecule has 0 saturated heterocycles. The van der Waals surface area contributed by atoms with Crippen molar-refractivity contribution in [3.05, 3.63) is 57.5 Å². The van der Waals surface area contributed by atoms with Crippen LogP contribution in [0.15, 0.2) is 47.4 Å². The minimum absolute atomic E-state index is 0.0352. The maximum absolute atomic E-state index is 12.4. The van der Waals surface area contributed by atoms with E-state index in [0.717, 1.165) is 11.3 Å². The zero-order chi connectivity index (χ0) is 20.4. The molecule has 1 aliphatic rings. The average molecular weight is 453 g/mol. The van der Waals surface area contributed by atoms with Crippen LogP contribution in [0.4, 0.5) is 5.69 Å². The van der Waals surface area contributed by atoms with Gasteiger partial charge in [-0.3, -0.25) is 4.79 Å². The number of carbonyl (C=O) groups is 1. The predicted molar refractivity (Wildman–Crippen MR) is 106 cm³/mol. The molecule has 0 radical (unpaired) electrons. The van der Waals surface area contributed by atoms with Gasteiger partial charge in [-0.15, -0.1) is 10.2 Å². The summed E-state index contributed by atoms with van der Waals surface area (Å²) in [5.74, 6) is 0.670. The molecular formula is C17H13ClN4O5S2. The summed E-state index contributed by atoms with van der Waals surface area (Å²) in [5.41, 5.74) is 0.510. The summed E-state index contributed by atoms with van der Waals surface area (Å²) in [6, 6.07) is 11.1. The summed E-state index contributed by atoms with van der Waals surface area (Å²) >= 11 is 6.91. The summed E-state index contributed by atoms with van der Waals surface area (Å²) < 4.78 is 37.6. The summed E-state index contributed by atoms with van der Waals surface area (Å²) in [6.07, 6.45) is 0. The second-order valence-corrected chi connectivity index (χ2v) is 8.98. The third-order valence-electron chi connectivity index (χ3n) is 3.83. The Morgan fingerprint density at radius 2 is 1.93 bits per heavy atom. The van der Waals surface area contributed by atoms with E-state index in [4.69, 9.17) is 21.1 Å². The van der Waals surface area contributed by atoms with Gasteiger partial charge in [-0.25, -0.2) is 13.1 Å². The van der Waals surface area contributed by atoms with Crippen LogP contribution in [-0.2, 0) is 16.6 Å². The van der Waals surface area contributed by atoms with Crippen LogP contribution >= 0.6 is 22.9 Å². The fourth-order valence-electron chi connectivity index (χ4n) is 2.47. The topological polar surface area (TPSA) is 120 Å². The molecule has 2 heterocycles. The molecule has 29 heavy (non-hydrogen) atoms. The number of amides is 1. The molecule has 3 aromatic rings. The molecule has 0 bridgehead atoms. The Hall–Kier alpha value is -2.73. The van der Waals surface area contributed by atoms with E-state index in [9.17, 15) is 13.2 Å². The fraction of sp³-hybridized carbons (Fsp3) is 0.118. The number of fused-ring (bicyclic) bond motifs is 1. The van der Waals surface area contributed by atoms with Crippen molar-refractivity contribution in [3.63, 3.8) is 0 Å². The van der Waals surface area contributed by atoms with Crippen molar-refractivity contribution in [2.45, 2.75) is 11.4 Å². The van der Waals surface area contributed by atoms with Crippen molar-refractivity contribution >= 4 is 44.6 Å². The molecule has 1 aromatic heterocycles. The van der Waals surface area contributed by atoms with E-state index in [1.807, 2.05) is 0 Å². The highest BCUT2D eigenvalue weighted by Gasteiger charge is 2.20. The standard InChI is InChI=1S/C17H13ClN4O5S2/c18-11-3-1-2-4-14(11)29(24,25)19-8-15-21-22-17(28-15)16(23)20-10-5-6-12-13(7-10)27-9-26-12/h1-7,19H,8-9H2,(H,20,23). The molecule has 0 spiro atoms. The van der Waals surface area contributed by atoms with Crippen molar-refractivity contribution in [2.24, 2.45) is 0 Å². The normalized spacial score (nSPS) is 12.7. The first-order valence-electron chi connectivity index (χ1n) is 8.20. The molecule has 150 valence electrons. The van der Waals surface area contributed by atoms with E-state index in [1.54, 1.807) is 30.3 Å². The Kier molecular flexibility index (Phi) is 5.37. The van der Waals surface area contributed by atoms with Gasteiger partial charge >= 0.3 is 0 Å². The number of nitrogens with one attached hydrogen (secondary N) is 2. The van der Waals surface area contributed by atoms with Gasteiger partial charge in [0, 0.05) is 11.8 Å². The van der Waals surface area contributed by atoms with Gasteiger partial charge in [0.2, 0.25) is 21.8 Å². The lowest BCUT2D eigenvalue weighted by molar-refractivity contribution is 0.102. The highest BCUT2D eigenvalue weighted by molar-refractivity contribution is 7.89. The number of hydrogen-bond acceptors (Lipinski definition) is 8. The van der Waals surface area contributed by atoms with Crippen LogP contribution in [0.2, 0.25) is 5.02 Å². The van der Waals surface area contributed by atoms with E-state index >= 15 is 0 Å². The van der Waals surface area contributed by atoms with Crippen molar-refractivity contribution < 1.29 is 22.7 Å². The quantitative estimate of drug-likeness (QED) is 0.589. The third-order valence-corrected chi connectivity index (χ3v) is 6.65. The monoisotopic (exact) mass is 452 g/mol. The van der Waals surface area contributed by atoms with E-state index in [-0.39, 0.29) is 28.3 Å². The first-order chi connectivity index (χ1) is 13.9.